The van der Waals surface area contributed by atoms with Gasteiger partial charge in [-0.2, -0.15) is 13.2 Å². The van der Waals surface area contributed by atoms with Crippen LogP contribution in [0.5, 0.6) is 0 Å². The van der Waals surface area contributed by atoms with Gasteiger partial charge in [0.05, 0.1) is 22.6 Å². The minimum atomic E-state index is -4.73. The Kier molecular flexibility index (Phi) is 5.16. The Morgan fingerprint density at radius 2 is 1.92 bits per heavy atom. The molecule has 1 fully saturated rings. The number of alkyl halides is 3. The summed E-state index contributed by atoms with van der Waals surface area (Å²) in [5.41, 5.74) is -1.85. The molecule has 1 amide bonds. The maximum absolute atomic E-state index is 12.8. The van der Waals surface area contributed by atoms with Gasteiger partial charge in [-0.1, -0.05) is 12.1 Å². The molecular weight excluding hydrogens is 351 g/mol. The van der Waals surface area contributed by atoms with E-state index in [2.05, 4.69) is 10.1 Å². The zero-order valence-corrected chi connectivity index (χ0v) is 13.1. The molecule has 0 radical (unpaired) electrons. The third-order valence-electron chi connectivity index (χ3n) is 3.38. The van der Waals surface area contributed by atoms with Gasteiger partial charge in [-0.25, -0.2) is 13.2 Å². The van der Waals surface area contributed by atoms with Gasteiger partial charge in [-0.05, 0) is 18.6 Å². The molecule has 1 aliphatic heterocycles. The van der Waals surface area contributed by atoms with Crippen molar-refractivity contribution >= 4 is 21.7 Å². The molecule has 0 aliphatic carbocycles. The smallest absolute Gasteiger partial charge is 0.417 e. The fraction of sp³-hybridized carbons (Fsp3) is 0.429. The van der Waals surface area contributed by atoms with E-state index in [-0.39, 0.29) is 17.9 Å². The molecule has 0 aromatic heterocycles. The van der Waals surface area contributed by atoms with Crippen molar-refractivity contribution in [1.29, 1.82) is 0 Å². The monoisotopic (exact) mass is 365 g/mol. The molecule has 2 rings (SSSR count). The van der Waals surface area contributed by atoms with Crippen molar-refractivity contribution < 1.29 is 35.9 Å². The summed E-state index contributed by atoms with van der Waals surface area (Å²) in [6, 6.07) is 3.48. The Balaban J connectivity index is 1.93. The van der Waals surface area contributed by atoms with Crippen LogP contribution >= 0.6 is 0 Å². The molecule has 132 valence electrons. The van der Waals surface area contributed by atoms with Gasteiger partial charge in [0.15, 0.2) is 16.4 Å². The average molecular weight is 365 g/mol. The van der Waals surface area contributed by atoms with E-state index in [1.165, 1.54) is 6.07 Å². The van der Waals surface area contributed by atoms with Crippen LogP contribution in [0.1, 0.15) is 22.3 Å². The van der Waals surface area contributed by atoms with Crippen molar-refractivity contribution in [2.24, 2.45) is 0 Å². The lowest BCUT2D eigenvalue weighted by molar-refractivity contribution is -0.138. The number of carbonyl (C=O) groups is 2. The summed E-state index contributed by atoms with van der Waals surface area (Å²) in [5.74, 6) is -2.30. The fourth-order valence-electron chi connectivity index (χ4n) is 2.30. The van der Waals surface area contributed by atoms with Crippen LogP contribution in [0.25, 0.3) is 0 Å². The summed E-state index contributed by atoms with van der Waals surface area (Å²) in [6.07, 6.45) is -4.48. The average Bonchev–Trinajstić information content (AvgIpc) is 2.82. The summed E-state index contributed by atoms with van der Waals surface area (Å²) in [6.45, 7) is -0.790. The van der Waals surface area contributed by atoms with Crippen molar-refractivity contribution in [3.63, 3.8) is 0 Å². The lowest BCUT2D eigenvalue weighted by atomic mass is 10.1. The Morgan fingerprint density at radius 3 is 2.50 bits per heavy atom. The maximum Gasteiger partial charge on any atom is 0.417 e. The molecule has 1 heterocycles. The lowest BCUT2D eigenvalue weighted by Gasteiger charge is -2.13. The Bertz CT molecular complexity index is 745. The second-order valence-electron chi connectivity index (χ2n) is 5.29. The van der Waals surface area contributed by atoms with Crippen LogP contribution in [-0.4, -0.2) is 44.4 Å². The molecule has 1 aromatic carbocycles. The molecule has 0 saturated carbocycles. The minimum absolute atomic E-state index is 0.0449. The van der Waals surface area contributed by atoms with E-state index in [0.29, 0.717) is 0 Å². The van der Waals surface area contributed by atoms with E-state index in [1.807, 2.05) is 0 Å². The molecule has 0 bridgehead atoms. The number of nitrogens with one attached hydrogen (secondary N) is 1. The second-order valence-corrected chi connectivity index (χ2v) is 7.52. The predicted octanol–water partition coefficient (Wildman–Crippen LogP) is 1.17. The zero-order valence-electron chi connectivity index (χ0n) is 12.3. The number of hydrogen-bond donors (Lipinski definition) is 1. The highest BCUT2D eigenvalue weighted by Gasteiger charge is 2.35. The predicted molar refractivity (Wildman–Crippen MR) is 76.9 cm³/mol. The van der Waals surface area contributed by atoms with Crippen molar-refractivity contribution in [3.8, 4) is 0 Å². The molecule has 24 heavy (non-hydrogen) atoms. The van der Waals surface area contributed by atoms with E-state index in [4.69, 9.17) is 0 Å². The minimum Gasteiger partial charge on any atom is -0.452 e. The highest BCUT2D eigenvalue weighted by molar-refractivity contribution is 7.91. The van der Waals surface area contributed by atoms with Crippen LogP contribution < -0.4 is 5.32 Å². The van der Waals surface area contributed by atoms with Gasteiger partial charge in [-0.3, -0.25) is 4.79 Å². The van der Waals surface area contributed by atoms with Gasteiger partial charge in [0.1, 0.15) is 0 Å². The number of rotatable bonds is 4. The summed E-state index contributed by atoms with van der Waals surface area (Å²) in [5, 5.41) is 2.37. The topological polar surface area (TPSA) is 89.5 Å². The molecule has 1 aliphatic rings. The Hall–Kier alpha value is -2.10. The molecule has 1 N–H and O–H groups in total. The summed E-state index contributed by atoms with van der Waals surface area (Å²) in [7, 11) is -3.18. The number of amides is 1. The largest absolute Gasteiger partial charge is 0.452 e. The normalized spacial score (nSPS) is 19.7. The first-order valence-corrected chi connectivity index (χ1v) is 8.74. The maximum atomic E-state index is 12.8. The molecule has 10 heteroatoms. The SMILES string of the molecule is O=C(COC(=O)c1ccccc1C(F)(F)F)N[C@H]1CCS(=O)(=O)C1. The quantitative estimate of drug-likeness (QED) is 0.809. The third-order valence-corrected chi connectivity index (χ3v) is 5.15. The van der Waals surface area contributed by atoms with E-state index < -0.39 is 51.7 Å². The van der Waals surface area contributed by atoms with Gasteiger partial charge in [0.25, 0.3) is 5.91 Å². The molecule has 1 aromatic rings. The van der Waals surface area contributed by atoms with Gasteiger partial charge < -0.3 is 10.1 Å². The van der Waals surface area contributed by atoms with Crippen LogP contribution in [0.15, 0.2) is 24.3 Å². The van der Waals surface area contributed by atoms with Crippen LogP contribution in [0.3, 0.4) is 0 Å². The number of ether oxygens (including phenoxy) is 1. The van der Waals surface area contributed by atoms with E-state index in [9.17, 15) is 31.2 Å². The van der Waals surface area contributed by atoms with Gasteiger partial charge in [0.2, 0.25) is 0 Å². The third kappa shape index (κ3) is 4.70. The molecule has 6 nitrogen and oxygen atoms in total. The summed E-state index contributed by atoms with van der Waals surface area (Å²) < 4.78 is 65.5. The molecule has 0 unspecified atom stereocenters. The van der Waals surface area contributed by atoms with Crippen LogP contribution in [0.4, 0.5) is 13.2 Å². The van der Waals surface area contributed by atoms with Crippen molar-refractivity contribution in [2.45, 2.75) is 18.6 Å². The van der Waals surface area contributed by atoms with Gasteiger partial charge in [0, 0.05) is 6.04 Å². The zero-order chi connectivity index (χ0) is 18.0. The second kappa shape index (κ2) is 6.80. The Labute approximate surface area is 135 Å². The van der Waals surface area contributed by atoms with Gasteiger partial charge >= 0.3 is 12.1 Å². The van der Waals surface area contributed by atoms with Crippen LogP contribution in [0.2, 0.25) is 0 Å². The van der Waals surface area contributed by atoms with Gasteiger partial charge in [-0.15, -0.1) is 0 Å². The standard InChI is InChI=1S/C14H14F3NO5S/c15-14(16,17)11-4-2-1-3-10(11)13(20)23-7-12(19)18-9-5-6-24(21,22)8-9/h1-4,9H,5-8H2,(H,18,19)/t9-/m0/s1. The van der Waals surface area contributed by atoms with Crippen LogP contribution in [0, 0.1) is 0 Å². The number of benzene rings is 1. The highest BCUT2D eigenvalue weighted by atomic mass is 32.2. The van der Waals surface area contributed by atoms with Crippen LogP contribution in [-0.2, 0) is 25.5 Å². The number of esters is 1. The van der Waals surface area contributed by atoms with E-state index in [1.54, 1.807) is 0 Å². The Morgan fingerprint density at radius 1 is 1.25 bits per heavy atom. The first-order valence-electron chi connectivity index (χ1n) is 6.91. The first kappa shape index (κ1) is 18.2. The molecule has 1 atom stereocenters. The van der Waals surface area contributed by atoms with E-state index in [0.717, 1.165) is 18.2 Å². The highest BCUT2D eigenvalue weighted by Crippen LogP contribution is 2.32. The number of carbonyl (C=O) groups excluding carboxylic acids is 2. The van der Waals surface area contributed by atoms with E-state index >= 15 is 0 Å². The first-order chi connectivity index (χ1) is 11.1. The number of hydrogen-bond acceptors (Lipinski definition) is 5. The van der Waals surface area contributed by atoms with Crippen molar-refractivity contribution in [2.75, 3.05) is 18.1 Å². The van der Waals surface area contributed by atoms with Crippen molar-refractivity contribution in [1.82, 2.24) is 5.32 Å². The molecular formula is C14H14F3NO5S. The summed E-state index contributed by atoms with van der Waals surface area (Å²) in [4.78, 5) is 23.4. The lowest BCUT2D eigenvalue weighted by Crippen LogP contribution is -2.38. The number of halogens is 3. The molecule has 1 saturated heterocycles. The molecule has 0 spiro atoms. The summed E-state index contributed by atoms with van der Waals surface area (Å²) >= 11 is 0. The number of sulfone groups is 1. The van der Waals surface area contributed by atoms with Crippen molar-refractivity contribution in [3.05, 3.63) is 35.4 Å². The fourth-order valence-corrected chi connectivity index (χ4v) is 3.97.